The van der Waals surface area contributed by atoms with E-state index >= 15 is 0 Å². The summed E-state index contributed by atoms with van der Waals surface area (Å²) in [5.74, 6) is -1.64. The van der Waals surface area contributed by atoms with Crippen molar-refractivity contribution in [2.45, 2.75) is 13.0 Å². The minimum absolute atomic E-state index is 0.380. The maximum Gasteiger partial charge on any atom is 0.506 e. The molecule has 0 fully saturated rings. The molecule has 76 valence electrons. The lowest BCUT2D eigenvalue weighted by molar-refractivity contribution is 0.0560. The van der Waals surface area contributed by atoms with Crippen molar-refractivity contribution in [3.05, 3.63) is 35.4 Å². The molecule has 0 radical (unpaired) electrons. The molecule has 3 nitrogen and oxygen atoms in total. The molecule has 5 heteroatoms. The Bertz CT molecular complexity index is 332. The van der Waals surface area contributed by atoms with Gasteiger partial charge in [0.2, 0.25) is 0 Å². The van der Waals surface area contributed by atoms with Crippen LogP contribution in [-0.2, 0) is 4.74 Å². The topological polar surface area (TPSA) is 46.5 Å². The van der Waals surface area contributed by atoms with Crippen molar-refractivity contribution in [1.29, 1.82) is 0 Å². The molecule has 0 aromatic heterocycles. The molecule has 14 heavy (non-hydrogen) atoms. The Balaban J connectivity index is 2.99. The molecular weight excluding hydrogens is 194 g/mol. The molecule has 0 saturated heterocycles. The van der Waals surface area contributed by atoms with Gasteiger partial charge < -0.3 is 9.84 Å². The van der Waals surface area contributed by atoms with Gasteiger partial charge in [0, 0.05) is 0 Å². The highest BCUT2D eigenvalue weighted by molar-refractivity contribution is 5.57. The SMILES string of the molecule is CC(OC(=O)O)c1c(F)cccc1F. The van der Waals surface area contributed by atoms with Crippen molar-refractivity contribution in [2.75, 3.05) is 0 Å². The fourth-order valence-corrected chi connectivity index (χ4v) is 1.11. The van der Waals surface area contributed by atoms with E-state index in [2.05, 4.69) is 4.74 Å². The summed E-state index contributed by atoms with van der Waals surface area (Å²) in [6.07, 6.45) is -2.73. The van der Waals surface area contributed by atoms with Crippen molar-refractivity contribution < 1.29 is 23.4 Å². The first-order chi connectivity index (χ1) is 6.52. The highest BCUT2D eigenvalue weighted by atomic mass is 19.1. The van der Waals surface area contributed by atoms with Crippen molar-refractivity contribution in [3.8, 4) is 0 Å². The summed E-state index contributed by atoms with van der Waals surface area (Å²) in [4.78, 5) is 10.1. The van der Waals surface area contributed by atoms with Crippen LogP contribution >= 0.6 is 0 Å². The van der Waals surface area contributed by atoms with E-state index in [1.54, 1.807) is 0 Å². The highest BCUT2D eigenvalue weighted by Crippen LogP contribution is 2.23. The molecule has 0 bridgehead atoms. The van der Waals surface area contributed by atoms with Crippen molar-refractivity contribution in [3.63, 3.8) is 0 Å². The third-order valence-corrected chi connectivity index (χ3v) is 1.68. The van der Waals surface area contributed by atoms with Gasteiger partial charge in [-0.05, 0) is 19.1 Å². The largest absolute Gasteiger partial charge is 0.506 e. The molecule has 1 N–H and O–H groups in total. The standard InChI is InChI=1S/C9H8F2O3/c1-5(14-9(12)13)8-6(10)3-2-4-7(8)11/h2-5H,1H3,(H,12,13). The van der Waals surface area contributed by atoms with Gasteiger partial charge in [0.25, 0.3) is 0 Å². The van der Waals surface area contributed by atoms with Gasteiger partial charge in [0.1, 0.15) is 17.7 Å². The fourth-order valence-electron chi connectivity index (χ4n) is 1.11. The quantitative estimate of drug-likeness (QED) is 0.750. The third-order valence-electron chi connectivity index (χ3n) is 1.68. The number of hydrogen-bond acceptors (Lipinski definition) is 2. The molecule has 0 aliphatic rings. The Morgan fingerprint density at radius 2 is 1.93 bits per heavy atom. The summed E-state index contributed by atoms with van der Waals surface area (Å²) >= 11 is 0. The van der Waals surface area contributed by atoms with Crippen LogP contribution in [-0.4, -0.2) is 11.3 Å². The predicted molar refractivity (Wildman–Crippen MR) is 43.9 cm³/mol. The smallest absolute Gasteiger partial charge is 0.450 e. The Morgan fingerprint density at radius 1 is 1.43 bits per heavy atom. The summed E-state index contributed by atoms with van der Waals surface area (Å²) in [7, 11) is 0. The number of rotatable bonds is 2. The van der Waals surface area contributed by atoms with Gasteiger partial charge >= 0.3 is 6.16 Å². The van der Waals surface area contributed by atoms with Crippen LogP contribution in [0.4, 0.5) is 13.6 Å². The van der Waals surface area contributed by atoms with Gasteiger partial charge in [0.05, 0.1) is 5.56 Å². The lowest BCUT2D eigenvalue weighted by Crippen LogP contribution is -2.09. The van der Waals surface area contributed by atoms with Gasteiger partial charge in [0.15, 0.2) is 0 Å². The Hall–Kier alpha value is -1.65. The van der Waals surface area contributed by atoms with Gasteiger partial charge in [-0.1, -0.05) is 6.07 Å². The summed E-state index contributed by atoms with van der Waals surface area (Å²) in [5, 5.41) is 8.26. The van der Waals surface area contributed by atoms with Crippen molar-refractivity contribution in [2.24, 2.45) is 0 Å². The number of carbonyl (C=O) groups is 1. The predicted octanol–water partition coefficient (Wildman–Crippen LogP) is 2.72. The normalized spacial score (nSPS) is 12.2. The van der Waals surface area contributed by atoms with E-state index < -0.39 is 23.9 Å². The number of benzene rings is 1. The van der Waals surface area contributed by atoms with Crippen molar-refractivity contribution in [1.82, 2.24) is 0 Å². The minimum atomic E-state index is -1.57. The molecule has 0 aliphatic carbocycles. The number of halogens is 2. The van der Waals surface area contributed by atoms with E-state index in [0.29, 0.717) is 0 Å². The number of ether oxygens (including phenoxy) is 1. The third kappa shape index (κ3) is 2.18. The monoisotopic (exact) mass is 202 g/mol. The van der Waals surface area contributed by atoms with Crippen molar-refractivity contribution >= 4 is 6.16 Å². The van der Waals surface area contributed by atoms with Crippen LogP contribution in [0.3, 0.4) is 0 Å². The zero-order valence-electron chi connectivity index (χ0n) is 7.33. The molecule has 1 rings (SSSR count). The first-order valence-corrected chi connectivity index (χ1v) is 3.86. The van der Waals surface area contributed by atoms with Crippen LogP contribution in [0.2, 0.25) is 0 Å². The van der Waals surface area contributed by atoms with E-state index in [4.69, 9.17) is 5.11 Å². The zero-order valence-corrected chi connectivity index (χ0v) is 7.33. The summed E-state index contributed by atoms with van der Waals surface area (Å²) in [6.45, 7) is 1.26. The average molecular weight is 202 g/mol. The summed E-state index contributed by atoms with van der Waals surface area (Å²) < 4.78 is 30.3. The lowest BCUT2D eigenvalue weighted by atomic mass is 10.1. The average Bonchev–Trinajstić information content (AvgIpc) is 2.01. The van der Waals surface area contributed by atoms with Gasteiger partial charge in [-0.25, -0.2) is 13.6 Å². The highest BCUT2D eigenvalue weighted by Gasteiger charge is 2.18. The van der Waals surface area contributed by atoms with Crippen LogP contribution in [0.15, 0.2) is 18.2 Å². The van der Waals surface area contributed by atoms with Crippen LogP contribution in [0, 0.1) is 11.6 Å². The molecule has 0 heterocycles. The second-order valence-corrected chi connectivity index (χ2v) is 2.66. The first-order valence-electron chi connectivity index (χ1n) is 3.86. The van der Waals surface area contributed by atoms with E-state index in [9.17, 15) is 13.6 Å². The maximum atomic E-state index is 13.0. The Kier molecular flexibility index (Phi) is 3.01. The molecular formula is C9H8F2O3. The van der Waals surface area contributed by atoms with E-state index in [-0.39, 0.29) is 5.56 Å². The molecule has 1 atom stereocenters. The number of carboxylic acid groups (broad SMARTS) is 1. The van der Waals surface area contributed by atoms with Crippen LogP contribution < -0.4 is 0 Å². The lowest BCUT2D eigenvalue weighted by Gasteiger charge is -2.12. The maximum absolute atomic E-state index is 13.0. The Labute approximate surface area is 78.9 Å². The molecule has 0 aliphatic heterocycles. The molecule has 1 unspecified atom stereocenters. The van der Waals surface area contributed by atoms with Gasteiger partial charge in [-0.3, -0.25) is 0 Å². The molecule has 0 spiro atoms. The molecule has 1 aromatic rings. The molecule has 0 amide bonds. The molecule has 0 saturated carbocycles. The first kappa shape index (κ1) is 10.4. The number of hydrogen-bond donors (Lipinski definition) is 1. The summed E-state index contributed by atoms with van der Waals surface area (Å²) in [6, 6.07) is 3.28. The second-order valence-electron chi connectivity index (χ2n) is 2.66. The second kappa shape index (κ2) is 4.04. The van der Waals surface area contributed by atoms with Gasteiger partial charge in [-0.2, -0.15) is 0 Å². The summed E-state index contributed by atoms with van der Waals surface area (Å²) in [5.41, 5.74) is -0.380. The van der Waals surface area contributed by atoms with Crippen LogP contribution in [0.5, 0.6) is 0 Å². The van der Waals surface area contributed by atoms with E-state index in [1.807, 2.05) is 0 Å². The fraction of sp³-hybridized carbons (Fsp3) is 0.222. The minimum Gasteiger partial charge on any atom is -0.450 e. The van der Waals surface area contributed by atoms with E-state index in [0.717, 1.165) is 12.1 Å². The van der Waals surface area contributed by atoms with E-state index in [1.165, 1.54) is 13.0 Å². The Morgan fingerprint density at radius 3 is 2.36 bits per heavy atom. The molecule has 1 aromatic carbocycles. The van der Waals surface area contributed by atoms with Crippen LogP contribution in [0.1, 0.15) is 18.6 Å². The van der Waals surface area contributed by atoms with Crippen LogP contribution in [0.25, 0.3) is 0 Å². The van der Waals surface area contributed by atoms with Gasteiger partial charge in [-0.15, -0.1) is 0 Å². The zero-order chi connectivity index (χ0) is 10.7.